The number of rotatable bonds is 4. The molecule has 31 heavy (non-hydrogen) atoms. The lowest BCUT2D eigenvalue weighted by molar-refractivity contribution is -0.137. The summed E-state index contributed by atoms with van der Waals surface area (Å²) in [6.45, 7) is 4.37. The number of likely N-dealkylation sites (N-methyl/N-ethyl adjacent to an activating group) is 1. The van der Waals surface area contributed by atoms with Crippen molar-refractivity contribution in [1.29, 1.82) is 0 Å². The van der Waals surface area contributed by atoms with Gasteiger partial charge in [-0.1, -0.05) is 18.2 Å². The van der Waals surface area contributed by atoms with Gasteiger partial charge in [0.15, 0.2) is 0 Å². The lowest BCUT2D eigenvalue weighted by Gasteiger charge is -2.40. The maximum atomic E-state index is 12.7. The Morgan fingerprint density at radius 1 is 1.06 bits per heavy atom. The fourth-order valence-electron chi connectivity index (χ4n) is 4.52. The van der Waals surface area contributed by atoms with Gasteiger partial charge in [-0.2, -0.15) is 13.2 Å². The van der Waals surface area contributed by atoms with Crippen LogP contribution in [-0.2, 0) is 19.1 Å². The number of carbonyl (C=O) groups excluding carboxylic acids is 1. The van der Waals surface area contributed by atoms with E-state index in [2.05, 4.69) is 28.2 Å². The minimum atomic E-state index is -4.36. The fraction of sp³-hybridized carbons (Fsp3) is 0.458. The summed E-state index contributed by atoms with van der Waals surface area (Å²) in [5.41, 5.74) is 3.11. The first-order chi connectivity index (χ1) is 14.8. The van der Waals surface area contributed by atoms with Crippen molar-refractivity contribution < 1.29 is 18.0 Å². The number of nitrogens with one attached hydrogen (secondary N) is 1. The van der Waals surface area contributed by atoms with Gasteiger partial charge in [0.05, 0.1) is 5.56 Å². The number of amides is 1. The summed E-state index contributed by atoms with van der Waals surface area (Å²) in [5, 5.41) is 2.84. The molecule has 1 aliphatic heterocycles. The largest absolute Gasteiger partial charge is 0.416 e. The highest BCUT2D eigenvalue weighted by atomic mass is 19.4. The topological polar surface area (TPSA) is 35.6 Å². The van der Waals surface area contributed by atoms with E-state index in [0.29, 0.717) is 17.2 Å². The summed E-state index contributed by atoms with van der Waals surface area (Å²) >= 11 is 0. The summed E-state index contributed by atoms with van der Waals surface area (Å²) in [5.74, 6) is -0.203. The van der Waals surface area contributed by atoms with Crippen LogP contribution in [0, 0.1) is 0 Å². The van der Waals surface area contributed by atoms with Crippen molar-refractivity contribution in [3.63, 3.8) is 0 Å². The highest BCUT2D eigenvalue weighted by Gasteiger charge is 2.30. The Bertz CT molecular complexity index is 919. The SMILES string of the molecule is CN1CCN(C2CCCc3ccc(C(=O)NCc4ccc(C(F)(F)F)cc4)cc32)CC1. The minimum absolute atomic E-state index is 0.190. The van der Waals surface area contributed by atoms with Crippen LogP contribution in [0.15, 0.2) is 42.5 Å². The summed E-state index contributed by atoms with van der Waals surface area (Å²) in [6, 6.07) is 11.2. The Kier molecular flexibility index (Phi) is 6.34. The average Bonchev–Trinajstić information content (AvgIpc) is 2.77. The average molecular weight is 432 g/mol. The van der Waals surface area contributed by atoms with Crippen molar-refractivity contribution >= 4 is 5.91 Å². The molecule has 2 aromatic rings. The molecule has 0 radical (unpaired) electrons. The van der Waals surface area contributed by atoms with Crippen LogP contribution in [-0.4, -0.2) is 48.9 Å². The molecule has 1 fully saturated rings. The Labute approximate surface area is 181 Å². The number of nitrogens with zero attached hydrogens (tertiary/aromatic N) is 2. The number of halogens is 3. The molecule has 1 aliphatic carbocycles. The van der Waals surface area contributed by atoms with E-state index < -0.39 is 11.7 Å². The van der Waals surface area contributed by atoms with Crippen molar-refractivity contribution in [3.8, 4) is 0 Å². The number of benzene rings is 2. The van der Waals surface area contributed by atoms with Crippen LogP contribution in [0.1, 0.15) is 51.5 Å². The second kappa shape index (κ2) is 9.01. The number of hydrogen-bond donors (Lipinski definition) is 1. The third kappa shape index (κ3) is 5.10. The van der Waals surface area contributed by atoms with Gasteiger partial charge < -0.3 is 10.2 Å². The predicted molar refractivity (Wildman–Crippen MR) is 114 cm³/mol. The molecule has 1 saturated heterocycles. The molecule has 1 heterocycles. The smallest absolute Gasteiger partial charge is 0.348 e. The Morgan fingerprint density at radius 3 is 2.45 bits per heavy atom. The first-order valence-corrected chi connectivity index (χ1v) is 10.8. The molecule has 1 amide bonds. The second-order valence-electron chi connectivity index (χ2n) is 8.54. The molecule has 0 saturated carbocycles. The molecule has 1 unspecified atom stereocenters. The zero-order valence-electron chi connectivity index (χ0n) is 17.7. The van der Waals surface area contributed by atoms with E-state index in [-0.39, 0.29) is 12.5 Å². The van der Waals surface area contributed by atoms with Crippen LogP contribution in [0.25, 0.3) is 0 Å². The van der Waals surface area contributed by atoms with Gasteiger partial charge >= 0.3 is 6.18 Å². The number of hydrogen-bond acceptors (Lipinski definition) is 3. The van der Waals surface area contributed by atoms with Crippen molar-refractivity contribution in [2.75, 3.05) is 33.2 Å². The highest BCUT2D eigenvalue weighted by molar-refractivity contribution is 5.94. The number of aryl methyl sites for hydroxylation is 1. The van der Waals surface area contributed by atoms with Gasteiger partial charge in [0.25, 0.3) is 5.91 Å². The zero-order chi connectivity index (χ0) is 22.0. The van der Waals surface area contributed by atoms with E-state index in [4.69, 9.17) is 0 Å². The summed E-state index contributed by atoms with van der Waals surface area (Å²) < 4.78 is 38.1. The molecule has 1 atom stereocenters. The molecule has 2 aromatic carbocycles. The van der Waals surface area contributed by atoms with Crippen molar-refractivity contribution in [2.45, 2.75) is 38.0 Å². The standard InChI is InChI=1S/C24H28F3N3O/c1-29-11-13-30(14-12-29)22-4-2-3-18-7-8-19(15-21(18)22)23(31)28-16-17-5-9-20(10-6-17)24(25,26)27/h5-10,15,22H,2-4,11-14,16H2,1H3,(H,28,31). The third-order valence-corrected chi connectivity index (χ3v) is 6.40. The van der Waals surface area contributed by atoms with Crippen molar-refractivity contribution in [1.82, 2.24) is 15.1 Å². The molecule has 166 valence electrons. The van der Waals surface area contributed by atoms with Gasteiger partial charge in [-0.05, 0) is 67.3 Å². The Morgan fingerprint density at radius 2 is 1.77 bits per heavy atom. The van der Waals surface area contributed by atoms with Crippen LogP contribution in [0.3, 0.4) is 0 Å². The Hall–Kier alpha value is -2.38. The van der Waals surface area contributed by atoms with E-state index >= 15 is 0 Å². The number of alkyl halides is 3. The molecule has 4 nitrogen and oxygen atoms in total. The molecule has 2 aliphatic rings. The molecular formula is C24H28F3N3O. The van der Waals surface area contributed by atoms with Crippen LogP contribution in [0.2, 0.25) is 0 Å². The van der Waals surface area contributed by atoms with Crippen LogP contribution < -0.4 is 5.32 Å². The van der Waals surface area contributed by atoms with Gasteiger partial charge in [0, 0.05) is 44.3 Å². The Balaban J connectivity index is 1.44. The maximum absolute atomic E-state index is 12.7. The van der Waals surface area contributed by atoms with E-state index in [1.807, 2.05) is 12.1 Å². The van der Waals surface area contributed by atoms with Gasteiger partial charge in [-0.3, -0.25) is 9.69 Å². The monoisotopic (exact) mass is 431 g/mol. The van der Waals surface area contributed by atoms with Crippen molar-refractivity contribution in [3.05, 3.63) is 70.3 Å². The molecule has 0 bridgehead atoms. The van der Waals surface area contributed by atoms with Crippen molar-refractivity contribution in [2.24, 2.45) is 0 Å². The molecule has 7 heteroatoms. The minimum Gasteiger partial charge on any atom is -0.348 e. The molecule has 0 aromatic heterocycles. The lowest BCUT2D eigenvalue weighted by Crippen LogP contribution is -2.46. The summed E-state index contributed by atoms with van der Waals surface area (Å²) in [7, 11) is 2.14. The first-order valence-electron chi connectivity index (χ1n) is 10.8. The molecule has 0 spiro atoms. The van der Waals surface area contributed by atoms with Gasteiger partial charge in [-0.25, -0.2) is 0 Å². The first kappa shape index (κ1) is 21.8. The van der Waals surface area contributed by atoms with E-state index in [0.717, 1.165) is 57.6 Å². The van der Waals surface area contributed by atoms with Crippen LogP contribution >= 0.6 is 0 Å². The molecule has 1 N–H and O–H groups in total. The third-order valence-electron chi connectivity index (χ3n) is 6.40. The zero-order valence-corrected chi connectivity index (χ0v) is 17.7. The lowest BCUT2D eigenvalue weighted by atomic mass is 9.85. The van der Waals surface area contributed by atoms with Crippen LogP contribution in [0.4, 0.5) is 13.2 Å². The summed E-state index contributed by atoms with van der Waals surface area (Å²) in [4.78, 5) is 17.6. The van der Waals surface area contributed by atoms with Gasteiger partial charge in [-0.15, -0.1) is 0 Å². The normalized spacial score (nSPS) is 20.3. The maximum Gasteiger partial charge on any atom is 0.416 e. The van der Waals surface area contributed by atoms with E-state index in [9.17, 15) is 18.0 Å². The quantitative estimate of drug-likeness (QED) is 0.786. The molecule has 4 rings (SSSR count). The predicted octanol–water partition coefficient (Wildman–Crippen LogP) is 4.26. The van der Waals surface area contributed by atoms with Crippen LogP contribution in [0.5, 0.6) is 0 Å². The molecular weight excluding hydrogens is 403 g/mol. The fourth-order valence-corrected chi connectivity index (χ4v) is 4.52. The summed E-state index contributed by atoms with van der Waals surface area (Å²) in [6.07, 6.45) is -1.06. The van der Waals surface area contributed by atoms with Gasteiger partial charge in [0.1, 0.15) is 0 Å². The van der Waals surface area contributed by atoms with E-state index in [1.54, 1.807) is 0 Å². The number of fused-ring (bicyclic) bond motifs is 1. The van der Waals surface area contributed by atoms with Gasteiger partial charge in [0.2, 0.25) is 0 Å². The number of carbonyl (C=O) groups is 1. The second-order valence-corrected chi connectivity index (χ2v) is 8.54. The number of piperazine rings is 1. The highest BCUT2D eigenvalue weighted by Crippen LogP contribution is 2.35. The van der Waals surface area contributed by atoms with E-state index in [1.165, 1.54) is 23.3 Å².